The van der Waals surface area contributed by atoms with Crippen molar-refractivity contribution >= 4 is 42.5 Å². The van der Waals surface area contributed by atoms with Gasteiger partial charge in [0.25, 0.3) is 5.69 Å². The maximum absolute atomic E-state index is 10.7. The third-order valence-corrected chi connectivity index (χ3v) is 4.16. The van der Waals surface area contributed by atoms with Gasteiger partial charge in [-0.3, -0.25) is 10.1 Å². The van der Waals surface area contributed by atoms with E-state index in [0.29, 0.717) is 10.8 Å². The first-order valence-electron chi connectivity index (χ1n) is 7.69. The van der Waals surface area contributed by atoms with Crippen LogP contribution in [-0.4, -0.2) is 18.1 Å². The summed E-state index contributed by atoms with van der Waals surface area (Å²) in [5.74, 6) is 3.23. The first kappa shape index (κ1) is 18.6. The monoisotopic (exact) mass is 369 g/mol. The lowest BCUT2D eigenvalue weighted by atomic mass is 10.2. The summed E-state index contributed by atoms with van der Waals surface area (Å²) in [6.45, 7) is 6.57. The van der Waals surface area contributed by atoms with Gasteiger partial charge in [0, 0.05) is 23.4 Å². The number of benzene rings is 2. The standard InChI is InChI=1S/C18H19N3O2SSi/c1-25(2,3)13-12-14-6-4-5-7-17(14)20-18(24)19-15-8-10-16(11-9-15)21(22)23/h4-11H,1-3H3,(H2,19,20,24). The van der Waals surface area contributed by atoms with E-state index in [1.54, 1.807) is 12.1 Å². The van der Waals surface area contributed by atoms with Gasteiger partial charge in [-0.05, 0) is 36.5 Å². The third kappa shape index (κ3) is 6.03. The second-order valence-electron chi connectivity index (χ2n) is 6.43. The number of hydrogen-bond donors (Lipinski definition) is 2. The predicted molar refractivity (Wildman–Crippen MR) is 110 cm³/mol. The molecule has 0 fully saturated rings. The number of thiocarbonyl (C=S) groups is 1. The summed E-state index contributed by atoms with van der Waals surface area (Å²) >= 11 is 5.32. The van der Waals surface area contributed by atoms with Crippen molar-refractivity contribution in [1.82, 2.24) is 0 Å². The van der Waals surface area contributed by atoms with Crippen molar-refractivity contribution in [2.75, 3.05) is 10.6 Å². The van der Waals surface area contributed by atoms with Crippen LogP contribution < -0.4 is 10.6 Å². The minimum atomic E-state index is -1.47. The van der Waals surface area contributed by atoms with E-state index in [1.807, 2.05) is 24.3 Å². The van der Waals surface area contributed by atoms with E-state index in [4.69, 9.17) is 12.2 Å². The first-order valence-corrected chi connectivity index (χ1v) is 11.6. The normalized spacial score (nSPS) is 10.4. The average molecular weight is 370 g/mol. The number of nitro groups is 1. The molecule has 7 heteroatoms. The largest absolute Gasteiger partial charge is 0.332 e. The number of anilines is 2. The van der Waals surface area contributed by atoms with E-state index >= 15 is 0 Å². The Labute approximate surface area is 153 Å². The van der Waals surface area contributed by atoms with Gasteiger partial charge in [0.05, 0.1) is 10.6 Å². The van der Waals surface area contributed by atoms with Crippen molar-refractivity contribution in [3.05, 3.63) is 64.2 Å². The Hall–Kier alpha value is -2.69. The van der Waals surface area contributed by atoms with E-state index in [9.17, 15) is 10.1 Å². The molecule has 0 aliphatic heterocycles. The van der Waals surface area contributed by atoms with Crippen LogP contribution in [0, 0.1) is 21.6 Å². The second-order valence-corrected chi connectivity index (χ2v) is 11.6. The van der Waals surface area contributed by atoms with Crippen LogP contribution in [0.25, 0.3) is 0 Å². The van der Waals surface area contributed by atoms with Gasteiger partial charge in [-0.2, -0.15) is 0 Å². The molecule has 2 aromatic rings. The van der Waals surface area contributed by atoms with Crippen LogP contribution in [0.3, 0.4) is 0 Å². The van der Waals surface area contributed by atoms with Crippen molar-refractivity contribution in [2.45, 2.75) is 19.6 Å². The molecule has 0 radical (unpaired) electrons. The third-order valence-electron chi connectivity index (χ3n) is 3.08. The first-order chi connectivity index (χ1) is 11.7. The van der Waals surface area contributed by atoms with E-state index in [2.05, 4.69) is 41.7 Å². The molecule has 0 aromatic heterocycles. The van der Waals surface area contributed by atoms with Gasteiger partial charge in [0.15, 0.2) is 5.11 Å². The van der Waals surface area contributed by atoms with Crippen LogP contribution in [0.15, 0.2) is 48.5 Å². The molecule has 0 amide bonds. The van der Waals surface area contributed by atoms with E-state index in [-0.39, 0.29) is 5.69 Å². The molecule has 2 N–H and O–H groups in total. The number of para-hydroxylation sites is 1. The van der Waals surface area contributed by atoms with Crippen molar-refractivity contribution in [3.63, 3.8) is 0 Å². The SMILES string of the molecule is C[Si](C)(C)C#Cc1ccccc1NC(=S)Nc1ccc([N+](=O)[O-])cc1. The molecular weight excluding hydrogens is 350 g/mol. The summed E-state index contributed by atoms with van der Waals surface area (Å²) in [7, 11) is -1.47. The van der Waals surface area contributed by atoms with Crippen LogP contribution >= 0.6 is 12.2 Å². The number of nitro benzene ring substituents is 1. The van der Waals surface area contributed by atoms with Gasteiger partial charge in [-0.15, -0.1) is 5.54 Å². The van der Waals surface area contributed by atoms with Crippen molar-refractivity contribution in [2.24, 2.45) is 0 Å². The van der Waals surface area contributed by atoms with E-state index in [1.165, 1.54) is 12.1 Å². The summed E-state index contributed by atoms with van der Waals surface area (Å²) in [5.41, 5.74) is 5.77. The molecule has 0 aliphatic rings. The summed E-state index contributed by atoms with van der Waals surface area (Å²) in [6, 6.07) is 13.8. The van der Waals surface area contributed by atoms with E-state index < -0.39 is 13.0 Å². The van der Waals surface area contributed by atoms with Gasteiger partial charge >= 0.3 is 0 Å². The highest BCUT2D eigenvalue weighted by molar-refractivity contribution is 7.80. The molecular formula is C18H19N3O2SSi. The summed E-state index contributed by atoms with van der Waals surface area (Å²) in [6.07, 6.45) is 0. The van der Waals surface area contributed by atoms with Crippen LogP contribution in [0.4, 0.5) is 17.1 Å². The fourth-order valence-electron chi connectivity index (χ4n) is 1.91. The fourth-order valence-corrected chi connectivity index (χ4v) is 2.64. The lowest BCUT2D eigenvalue weighted by Gasteiger charge is -2.12. The lowest BCUT2D eigenvalue weighted by Crippen LogP contribution is -2.20. The van der Waals surface area contributed by atoms with E-state index in [0.717, 1.165) is 11.3 Å². The number of nitrogens with one attached hydrogen (secondary N) is 2. The zero-order valence-corrected chi connectivity index (χ0v) is 16.1. The van der Waals surface area contributed by atoms with Crippen molar-refractivity contribution in [1.29, 1.82) is 0 Å². The number of nitrogens with zero attached hydrogens (tertiary/aromatic N) is 1. The van der Waals surface area contributed by atoms with Crippen LogP contribution in [0.2, 0.25) is 19.6 Å². The molecule has 0 atom stereocenters. The molecule has 0 aliphatic carbocycles. The highest BCUT2D eigenvalue weighted by Gasteiger charge is 2.09. The van der Waals surface area contributed by atoms with Gasteiger partial charge in [0.2, 0.25) is 0 Å². The number of rotatable bonds is 3. The van der Waals surface area contributed by atoms with Crippen molar-refractivity contribution < 1.29 is 4.92 Å². The fraction of sp³-hybridized carbons (Fsp3) is 0.167. The highest BCUT2D eigenvalue weighted by atomic mass is 32.1. The van der Waals surface area contributed by atoms with Crippen LogP contribution in [-0.2, 0) is 0 Å². The Morgan fingerprint density at radius 2 is 1.72 bits per heavy atom. The summed E-state index contributed by atoms with van der Waals surface area (Å²) in [4.78, 5) is 10.2. The van der Waals surface area contributed by atoms with Gasteiger partial charge < -0.3 is 10.6 Å². The Morgan fingerprint density at radius 3 is 2.32 bits per heavy atom. The Bertz CT molecular complexity index is 849. The molecule has 5 nitrogen and oxygen atoms in total. The molecule has 0 saturated carbocycles. The van der Waals surface area contributed by atoms with Crippen LogP contribution in [0.5, 0.6) is 0 Å². The Kier molecular flexibility index (Phi) is 5.91. The Morgan fingerprint density at radius 1 is 1.08 bits per heavy atom. The molecule has 2 aromatic carbocycles. The zero-order valence-electron chi connectivity index (χ0n) is 14.3. The highest BCUT2D eigenvalue weighted by Crippen LogP contribution is 2.17. The Balaban J connectivity index is 2.10. The maximum Gasteiger partial charge on any atom is 0.269 e. The zero-order chi connectivity index (χ0) is 18.4. The topological polar surface area (TPSA) is 67.2 Å². The molecule has 0 unspecified atom stereocenters. The van der Waals surface area contributed by atoms with Gasteiger partial charge in [-0.1, -0.05) is 37.7 Å². The number of hydrogen-bond acceptors (Lipinski definition) is 3. The van der Waals surface area contributed by atoms with Crippen molar-refractivity contribution in [3.8, 4) is 11.5 Å². The average Bonchev–Trinajstić information content (AvgIpc) is 2.53. The minimum absolute atomic E-state index is 0.0383. The van der Waals surface area contributed by atoms with Gasteiger partial charge in [0.1, 0.15) is 8.07 Å². The summed E-state index contributed by atoms with van der Waals surface area (Å²) < 4.78 is 0. The number of non-ortho nitro benzene ring substituents is 1. The van der Waals surface area contributed by atoms with Gasteiger partial charge in [-0.25, -0.2) is 0 Å². The smallest absolute Gasteiger partial charge is 0.269 e. The molecule has 128 valence electrons. The molecule has 0 bridgehead atoms. The molecule has 0 saturated heterocycles. The lowest BCUT2D eigenvalue weighted by molar-refractivity contribution is -0.384. The molecule has 2 rings (SSSR count). The second kappa shape index (κ2) is 7.92. The molecule has 0 spiro atoms. The quantitative estimate of drug-likeness (QED) is 0.271. The maximum atomic E-state index is 10.7. The minimum Gasteiger partial charge on any atom is -0.332 e. The van der Waals surface area contributed by atoms with Crippen LogP contribution in [0.1, 0.15) is 5.56 Å². The molecule has 0 heterocycles. The predicted octanol–water partition coefficient (Wildman–Crippen LogP) is 4.63. The summed E-state index contributed by atoms with van der Waals surface area (Å²) in [5, 5.41) is 17.2. The molecule has 25 heavy (non-hydrogen) atoms.